The minimum absolute atomic E-state index is 0.265. The first-order chi connectivity index (χ1) is 10.2. The molecule has 0 aliphatic heterocycles. The second kappa shape index (κ2) is 8.07. The number of alkyl halides is 2. The van der Waals surface area contributed by atoms with Crippen LogP contribution in [0.5, 0.6) is 5.75 Å². The van der Waals surface area contributed by atoms with Gasteiger partial charge in [-0.3, -0.25) is 0 Å². The zero-order chi connectivity index (χ0) is 15.1. The van der Waals surface area contributed by atoms with Gasteiger partial charge < -0.3 is 4.74 Å². The molecule has 0 saturated carbocycles. The van der Waals surface area contributed by atoms with Crippen LogP contribution in [0.1, 0.15) is 12.0 Å². The minimum atomic E-state index is -0.265. The van der Waals surface area contributed by atoms with Gasteiger partial charge in [0.2, 0.25) is 0 Å². The first kappa shape index (κ1) is 16.7. The lowest BCUT2D eigenvalue weighted by molar-refractivity contribution is 0.275. The number of para-hydroxylation sites is 1. The van der Waals surface area contributed by atoms with Gasteiger partial charge in [-0.05, 0) is 36.2 Å². The predicted molar refractivity (Wildman–Crippen MR) is 93.8 cm³/mol. The van der Waals surface area contributed by atoms with Crippen LogP contribution in [-0.4, -0.2) is 18.4 Å². The lowest BCUT2D eigenvalue weighted by atomic mass is 9.81. The molecule has 21 heavy (non-hydrogen) atoms. The zero-order valence-corrected chi connectivity index (χ0v) is 14.7. The molecular formula is C17H17BrCl2O. The van der Waals surface area contributed by atoms with E-state index in [9.17, 15) is 0 Å². The number of benzene rings is 2. The van der Waals surface area contributed by atoms with E-state index in [1.807, 2.05) is 42.5 Å². The van der Waals surface area contributed by atoms with E-state index < -0.39 is 0 Å². The van der Waals surface area contributed by atoms with Crippen molar-refractivity contribution in [3.63, 3.8) is 0 Å². The molecule has 0 amide bonds. The smallest absolute Gasteiger partial charge is 0.119 e. The maximum Gasteiger partial charge on any atom is 0.119 e. The molecule has 2 aromatic rings. The topological polar surface area (TPSA) is 9.23 Å². The summed E-state index contributed by atoms with van der Waals surface area (Å²) in [7, 11) is 0. The van der Waals surface area contributed by atoms with E-state index in [1.54, 1.807) is 0 Å². The SMILES string of the molecule is ClCC(CCl)(CCOc1ccccc1)c1ccc(Br)cc1. The summed E-state index contributed by atoms with van der Waals surface area (Å²) in [6.07, 6.45) is 0.774. The van der Waals surface area contributed by atoms with E-state index >= 15 is 0 Å². The number of rotatable bonds is 7. The van der Waals surface area contributed by atoms with Crippen molar-refractivity contribution in [2.75, 3.05) is 18.4 Å². The van der Waals surface area contributed by atoms with Crippen LogP contribution in [0, 0.1) is 0 Å². The van der Waals surface area contributed by atoms with E-state index in [4.69, 9.17) is 27.9 Å². The van der Waals surface area contributed by atoms with Crippen molar-refractivity contribution in [1.82, 2.24) is 0 Å². The van der Waals surface area contributed by atoms with Crippen molar-refractivity contribution < 1.29 is 4.74 Å². The van der Waals surface area contributed by atoms with Crippen LogP contribution in [0.2, 0.25) is 0 Å². The van der Waals surface area contributed by atoms with Crippen LogP contribution in [0.4, 0.5) is 0 Å². The lowest BCUT2D eigenvalue weighted by Crippen LogP contribution is -2.32. The maximum absolute atomic E-state index is 6.23. The summed E-state index contributed by atoms with van der Waals surface area (Å²) < 4.78 is 6.83. The lowest BCUT2D eigenvalue weighted by Gasteiger charge is -2.30. The molecule has 0 aromatic heterocycles. The van der Waals surface area contributed by atoms with Crippen LogP contribution in [-0.2, 0) is 5.41 Å². The molecule has 0 bridgehead atoms. The molecule has 0 unspecified atom stereocenters. The third kappa shape index (κ3) is 4.38. The molecule has 0 aliphatic rings. The van der Waals surface area contributed by atoms with Gasteiger partial charge in [-0.1, -0.05) is 46.3 Å². The third-order valence-corrected chi connectivity index (χ3v) is 5.11. The van der Waals surface area contributed by atoms with Crippen LogP contribution in [0.25, 0.3) is 0 Å². The monoisotopic (exact) mass is 386 g/mol. The fourth-order valence-electron chi connectivity index (χ4n) is 2.15. The van der Waals surface area contributed by atoms with E-state index in [-0.39, 0.29) is 5.41 Å². The number of ether oxygens (including phenoxy) is 1. The number of hydrogen-bond donors (Lipinski definition) is 0. The molecule has 0 fully saturated rings. The molecule has 0 spiro atoms. The van der Waals surface area contributed by atoms with Gasteiger partial charge >= 0.3 is 0 Å². The van der Waals surface area contributed by atoms with Crippen molar-refractivity contribution in [1.29, 1.82) is 0 Å². The third-order valence-electron chi connectivity index (χ3n) is 3.56. The Balaban J connectivity index is 2.06. The molecule has 0 saturated heterocycles. The quantitative estimate of drug-likeness (QED) is 0.559. The molecule has 0 N–H and O–H groups in total. The normalized spacial score (nSPS) is 11.4. The van der Waals surface area contributed by atoms with Gasteiger partial charge in [-0.15, -0.1) is 23.2 Å². The fourth-order valence-corrected chi connectivity index (χ4v) is 3.28. The van der Waals surface area contributed by atoms with Gasteiger partial charge in [0, 0.05) is 21.6 Å². The zero-order valence-electron chi connectivity index (χ0n) is 11.6. The second-order valence-electron chi connectivity index (χ2n) is 4.97. The molecule has 0 atom stereocenters. The van der Waals surface area contributed by atoms with Crippen LogP contribution < -0.4 is 4.74 Å². The largest absolute Gasteiger partial charge is 0.494 e. The summed E-state index contributed by atoms with van der Waals surface area (Å²) >= 11 is 15.9. The van der Waals surface area contributed by atoms with E-state index in [0.717, 1.165) is 22.2 Å². The predicted octanol–water partition coefficient (Wildman–Crippen LogP) is 5.63. The average molecular weight is 388 g/mol. The molecule has 4 heteroatoms. The van der Waals surface area contributed by atoms with Gasteiger partial charge in [0.1, 0.15) is 5.75 Å². The summed E-state index contributed by atoms with van der Waals surface area (Å²) in [6.45, 7) is 0.583. The molecule has 0 radical (unpaired) electrons. The van der Waals surface area contributed by atoms with Gasteiger partial charge in [-0.25, -0.2) is 0 Å². The van der Waals surface area contributed by atoms with Gasteiger partial charge in [0.25, 0.3) is 0 Å². The average Bonchev–Trinajstić information content (AvgIpc) is 2.54. The van der Waals surface area contributed by atoms with Crippen molar-refractivity contribution in [3.05, 3.63) is 64.6 Å². The molecule has 0 heterocycles. The Bertz CT molecular complexity index is 538. The van der Waals surface area contributed by atoms with Crippen molar-refractivity contribution in [3.8, 4) is 5.75 Å². The molecule has 1 nitrogen and oxygen atoms in total. The summed E-state index contributed by atoms with van der Waals surface area (Å²) in [5.74, 6) is 1.80. The highest BCUT2D eigenvalue weighted by molar-refractivity contribution is 9.10. The Morgan fingerprint density at radius 1 is 0.905 bits per heavy atom. The Hall–Kier alpha value is -0.700. The molecule has 2 rings (SSSR count). The van der Waals surface area contributed by atoms with Crippen LogP contribution in [0.3, 0.4) is 0 Å². The second-order valence-corrected chi connectivity index (χ2v) is 6.42. The summed E-state index contributed by atoms with van der Waals surface area (Å²) in [5, 5.41) is 0. The van der Waals surface area contributed by atoms with Gasteiger partial charge in [-0.2, -0.15) is 0 Å². The first-order valence-corrected chi connectivity index (χ1v) is 8.62. The summed E-state index contributed by atoms with van der Waals surface area (Å²) in [6, 6.07) is 17.9. The standard InChI is InChI=1S/C17H17BrCl2O/c18-15-8-6-14(7-9-15)17(12-19,13-20)10-11-21-16-4-2-1-3-5-16/h1-9H,10-13H2. The van der Waals surface area contributed by atoms with Crippen molar-refractivity contribution in [2.24, 2.45) is 0 Å². The van der Waals surface area contributed by atoms with Crippen LogP contribution >= 0.6 is 39.1 Å². The highest BCUT2D eigenvalue weighted by Gasteiger charge is 2.30. The maximum atomic E-state index is 6.23. The first-order valence-electron chi connectivity index (χ1n) is 6.76. The van der Waals surface area contributed by atoms with E-state index in [1.165, 1.54) is 0 Å². The Morgan fingerprint density at radius 2 is 1.52 bits per heavy atom. The number of hydrogen-bond acceptors (Lipinski definition) is 1. The van der Waals surface area contributed by atoms with E-state index in [2.05, 4.69) is 28.1 Å². The fraction of sp³-hybridized carbons (Fsp3) is 0.294. The Labute approximate surface area is 144 Å². The number of halogens is 3. The van der Waals surface area contributed by atoms with Crippen LogP contribution in [0.15, 0.2) is 59.1 Å². The summed E-state index contributed by atoms with van der Waals surface area (Å²) in [5.41, 5.74) is 0.880. The van der Waals surface area contributed by atoms with Gasteiger partial charge in [0.05, 0.1) is 6.61 Å². The van der Waals surface area contributed by atoms with Crippen molar-refractivity contribution >= 4 is 39.1 Å². The van der Waals surface area contributed by atoms with Gasteiger partial charge in [0.15, 0.2) is 0 Å². The highest BCUT2D eigenvalue weighted by Crippen LogP contribution is 2.32. The summed E-state index contributed by atoms with van der Waals surface area (Å²) in [4.78, 5) is 0. The van der Waals surface area contributed by atoms with E-state index in [0.29, 0.717) is 18.4 Å². The van der Waals surface area contributed by atoms with Crippen molar-refractivity contribution in [2.45, 2.75) is 11.8 Å². The minimum Gasteiger partial charge on any atom is -0.494 e. The highest BCUT2D eigenvalue weighted by atomic mass is 79.9. The molecular weight excluding hydrogens is 371 g/mol. The Kier molecular flexibility index (Phi) is 6.40. The Morgan fingerprint density at radius 3 is 2.10 bits per heavy atom. The molecule has 112 valence electrons. The molecule has 0 aliphatic carbocycles. The molecule has 2 aromatic carbocycles.